The molecule has 0 aromatic heterocycles. The summed E-state index contributed by atoms with van der Waals surface area (Å²) >= 11 is 0. The van der Waals surface area contributed by atoms with Gasteiger partial charge in [0.2, 0.25) is 5.91 Å². The van der Waals surface area contributed by atoms with Crippen molar-refractivity contribution in [2.24, 2.45) is 0 Å². The van der Waals surface area contributed by atoms with Gasteiger partial charge in [-0.3, -0.25) is 14.4 Å². The Labute approximate surface area is 148 Å². The number of anilines is 1. The van der Waals surface area contributed by atoms with E-state index in [4.69, 9.17) is 4.84 Å². The van der Waals surface area contributed by atoms with Crippen LogP contribution in [-0.4, -0.2) is 35.3 Å². The summed E-state index contributed by atoms with van der Waals surface area (Å²) in [6, 6.07) is 13.5. The predicted molar refractivity (Wildman–Crippen MR) is 90.2 cm³/mol. The van der Waals surface area contributed by atoms with Crippen molar-refractivity contribution >= 4 is 29.4 Å². The summed E-state index contributed by atoms with van der Waals surface area (Å²) in [5.41, 5.74) is 1.97. The Morgan fingerprint density at radius 1 is 0.885 bits per heavy atom. The minimum absolute atomic E-state index is 0.185. The number of hydroxylamine groups is 2. The molecule has 0 fully saturated rings. The van der Waals surface area contributed by atoms with Gasteiger partial charge in [-0.15, -0.1) is 0 Å². The van der Waals surface area contributed by atoms with Crippen LogP contribution in [0.1, 0.15) is 32.7 Å². The van der Waals surface area contributed by atoms with Gasteiger partial charge in [0.05, 0.1) is 11.1 Å². The highest BCUT2D eigenvalue weighted by Gasteiger charge is 2.39. The van der Waals surface area contributed by atoms with Crippen LogP contribution in [0, 0.1) is 0 Å². The standard InChI is InChI=1S/C19H14N2O5/c22-16-10-9-12-5-1-4-8-15(12)20(16)11-17(23)26-21-18(24)13-6-2-3-7-14(13)19(21)25/h1-8H,9-11H2. The fraction of sp³-hybridized carbons (Fsp3) is 0.158. The number of fused-ring (bicyclic) bond motifs is 2. The van der Waals surface area contributed by atoms with Crippen LogP contribution in [0.4, 0.5) is 5.69 Å². The molecule has 2 heterocycles. The molecule has 0 aliphatic carbocycles. The van der Waals surface area contributed by atoms with Crippen molar-refractivity contribution in [2.45, 2.75) is 12.8 Å². The average molecular weight is 350 g/mol. The maximum absolute atomic E-state index is 12.3. The molecule has 2 aromatic rings. The molecule has 130 valence electrons. The van der Waals surface area contributed by atoms with Crippen LogP contribution in [-0.2, 0) is 20.8 Å². The second-order valence-electron chi connectivity index (χ2n) is 6.02. The first-order chi connectivity index (χ1) is 12.6. The van der Waals surface area contributed by atoms with Gasteiger partial charge in [0.25, 0.3) is 11.8 Å². The Morgan fingerprint density at radius 2 is 1.50 bits per heavy atom. The first-order valence-corrected chi connectivity index (χ1v) is 8.13. The number of imide groups is 1. The Morgan fingerprint density at radius 3 is 2.19 bits per heavy atom. The molecule has 0 bridgehead atoms. The van der Waals surface area contributed by atoms with Crippen molar-refractivity contribution < 1.29 is 24.0 Å². The van der Waals surface area contributed by atoms with Crippen LogP contribution in [0.25, 0.3) is 0 Å². The highest BCUT2D eigenvalue weighted by atomic mass is 16.7. The molecule has 2 aliphatic heterocycles. The Hall–Kier alpha value is -3.48. The van der Waals surface area contributed by atoms with Crippen LogP contribution < -0.4 is 4.90 Å². The number of nitrogens with zero attached hydrogens (tertiary/aromatic N) is 2. The number of carbonyl (C=O) groups excluding carboxylic acids is 4. The molecule has 0 atom stereocenters. The van der Waals surface area contributed by atoms with Crippen LogP contribution in [0.2, 0.25) is 0 Å². The van der Waals surface area contributed by atoms with E-state index in [0.717, 1.165) is 5.56 Å². The van der Waals surface area contributed by atoms with Gasteiger partial charge >= 0.3 is 5.97 Å². The van der Waals surface area contributed by atoms with Crippen LogP contribution in [0.15, 0.2) is 48.5 Å². The summed E-state index contributed by atoms with van der Waals surface area (Å²) < 4.78 is 0. The van der Waals surface area contributed by atoms with Gasteiger partial charge in [0.15, 0.2) is 0 Å². The first kappa shape index (κ1) is 16.0. The van der Waals surface area contributed by atoms with E-state index in [9.17, 15) is 19.2 Å². The van der Waals surface area contributed by atoms with Gasteiger partial charge in [-0.05, 0) is 30.2 Å². The van der Waals surface area contributed by atoms with E-state index in [0.29, 0.717) is 17.2 Å². The molecule has 7 nitrogen and oxygen atoms in total. The minimum Gasteiger partial charge on any atom is -0.328 e. The third-order valence-electron chi connectivity index (χ3n) is 4.43. The van der Waals surface area contributed by atoms with Crippen molar-refractivity contribution in [1.82, 2.24) is 5.06 Å². The number of carbonyl (C=O) groups is 4. The molecule has 0 unspecified atom stereocenters. The predicted octanol–water partition coefficient (Wildman–Crippen LogP) is 1.72. The lowest BCUT2D eigenvalue weighted by Gasteiger charge is -2.28. The van der Waals surface area contributed by atoms with E-state index in [1.165, 1.54) is 17.0 Å². The Bertz CT molecular complexity index is 917. The first-order valence-electron chi connectivity index (χ1n) is 8.13. The molecular formula is C19H14N2O5. The number of benzene rings is 2. The van der Waals surface area contributed by atoms with Crippen molar-refractivity contribution in [2.75, 3.05) is 11.4 Å². The fourth-order valence-electron chi connectivity index (χ4n) is 3.18. The summed E-state index contributed by atoms with van der Waals surface area (Å²) in [6.07, 6.45) is 0.899. The Balaban J connectivity index is 1.51. The molecular weight excluding hydrogens is 336 g/mol. The van der Waals surface area contributed by atoms with Gasteiger partial charge in [0.1, 0.15) is 6.54 Å². The van der Waals surface area contributed by atoms with E-state index in [1.807, 2.05) is 12.1 Å². The monoisotopic (exact) mass is 350 g/mol. The number of hydrogen-bond donors (Lipinski definition) is 0. The number of para-hydroxylation sites is 1. The maximum Gasteiger partial charge on any atom is 0.352 e. The van der Waals surface area contributed by atoms with Gasteiger partial charge in [-0.1, -0.05) is 35.4 Å². The van der Waals surface area contributed by atoms with Crippen LogP contribution in [0.5, 0.6) is 0 Å². The molecule has 26 heavy (non-hydrogen) atoms. The van der Waals surface area contributed by atoms with Crippen molar-refractivity contribution in [3.05, 3.63) is 65.2 Å². The summed E-state index contributed by atoms with van der Waals surface area (Å²) in [7, 11) is 0. The number of hydrogen-bond acceptors (Lipinski definition) is 5. The quantitative estimate of drug-likeness (QED) is 0.787. The highest BCUT2D eigenvalue weighted by molar-refractivity contribution is 6.21. The largest absolute Gasteiger partial charge is 0.352 e. The fourth-order valence-corrected chi connectivity index (χ4v) is 3.18. The lowest BCUT2D eigenvalue weighted by Crippen LogP contribution is -2.42. The molecule has 2 aliphatic rings. The summed E-state index contributed by atoms with van der Waals surface area (Å²) in [5, 5.41) is 0.452. The molecule has 7 heteroatoms. The zero-order valence-electron chi connectivity index (χ0n) is 13.7. The second-order valence-corrected chi connectivity index (χ2v) is 6.02. The summed E-state index contributed by atoms with van der Waals surface area (Å²) in [4.78, 5) is 55.3. The molecule has 4 rings (SSSR count). The van der Waals surface area contributed by atoms with E-state index in [2.05, 4.69) is 0 Å². The molecule has 2 aromatic carbocycles. The molecule has 0 saturated heterocycles. The minimum atomic E-state index is -0.857. The SMILES string of the molecule is O=C(CN1C(=O)CCc2ccccc21)ON1C(=O)c2ccccc2C1=O. The molecule has 0 radical (unpaired) electrons. The van der Waals surface area contributed by atoms with E-state index in [-0.39, 0.29) is 30.0 Å². The van der Waals surface area contributed by atoms with E-state index < -0.39 is 17.8 Å². The zero-order valence-corrected chi connectivity index (χ0v) is 13.7. The van der Waals surface area contributed by atoms with E-state index in [1.54, 1.807) is 24.3 Å². The van der Waals surface area contributed by atoms with Crippen molar-refractivity contribution in [3.63, 3.8) is 0 Å². The molecule has 3 amide bonds. The van der Waals surface area contributed by atoms with Crippen molar-refractivity contribution in [3.8, 4) is 0 Å². The lowest BCUT2D eigenvalue weighted by atomic mass is 10.0. The molecule has 0 N–H and O–H groups in total. The zero-order chi connectivity index (χ0) is 18.3. The topological polar surface area (TPSA) is 84.0 Å². The third-order valence-corrected chi connectivity index (χ3v) is 4.43. The van der Waals surface area contributed by atoms with Gasteiger partial charge in [-0.2, -0.15) is 0 Å². The van der Waals surface area contributed by atoms with Crippen LogP contribution >= 0.6 is 0 Å². The summed E-state index contributed by atoms with van der Waals surface area (Å²) in [5.74, 6) is -2.44. The maximum atomic E-state index is 12.3. The molecule has 0 spiro atoms. The number of rotatable bonds is 3. The third kappa shape index (κ3) is 2.54. The van der Waals surface area contributed by atoms with Crippen LogP contribution in [0.3, 0.4) is 0 Å². The summed E-state index contributed by atoms with van der Waals surface area (Å²) in [6.45, 7) is -0.372. The van der Waals surface area contributed by atoms with Gasteiger partial charge < -0.3 is 9.74 Å². The van der Waals surface area contributed by atoms with Crippen molar-refractivity contribution in [1.29, 1.82) is 0 Å². The van der Waals surface area contributed by atoms with Gasteiger partial charge in [0, 0.05) is 12.1 Å². The smallest absolute Gasteiger partial charge is 0.328 e. The Kier molecular flexibility index (Phi) is 3.76. The normalized spacial score (nSPS) is 15.8. The molecule has 0 saturated carbocycles. The second kappa shape index (κ2) is 6.11. The number of aryl methyl sites for hydroxylation is 1. The lowest BCUT2D eigenvalue weighted by molar-refractivity contribution is -0.167. The number of amides is 3. The average Bonchev–Trinajstić information content (AvgIpc) is 2.89. The van der Waals surface area contributed by atoms with E-state index >= 15 is 0 Å². The van der Waals surface area contributed by atoms with Gasteiger partial charge in [-0.25, -0.2) is 4.79 Å². The highest BCUT2D eigenvalue weighted by Crippen LogP contribution is 2.28.